The Bertz CT molecular complexity index is 415. The largest absolute Gasteiger partial charge is 0.355 e. The quantitative estimate of drug-likeness (QED) is 0.732. The van der Waals surface area contributed by atoms with Crippen LogP contribution in [0, 0.1) is 11.3 Å². The number of hydrogen-bond acceptors (Lipinski definition) is 3. The number of alkyl halides is 2. The van der Waals surface area contributed by atoms with E-state index >= 15 is 0 Å². The van der Waals surface area contributed by atoms with E-state index in [4.69, 9.17) is 5.26 Å². The van der Waals surface area contributed by atoms with E-state index in [0.717, 1.165) is 0 Å². The summed E-state index contributed by atoms with van der Waals surface area (Å²) in [5, 5.41) is 8.89. The van der Waals surface area contributed by atoms with Gasteiger partial charge in [0.15, 0.2) is 0 Å². The Morgan fingerprint density at radius 3 is 2.69 bits per heavy atom. The number of piperidine rings is 1. The average molecular weight is 223 g/mol. The summed E-state index contributed by atoms with van der Waals surface area (Å²) in [6, 6.07) is 5.34. The van der Waals surface area contributed by atoms with Gasteiger partial charge in [0.2, 0.25) is 0 Å². The smallest absolute Gasteiger partial charge is 0.251 e. The molecule has 1 aliphatic rings. The third kappa shape index (κ3) is 2.11. The summed E-state index contributed by atoms with van der Waals surface area (Å²) >= 11 is 0. The molecule has 5 heteroatoms. The van der Waals surface area contributed by atoms with E-state index in [-0.39, 0.29) is 25.9 Å². The maximum absolute atomic E-state index is 13.0. The average Bonchev–Trinajstić information content (AvgIpc) is 2.29. The van der Waals surface area contributed by atoms with Crippen LogP contribution in [-0.4, -0.2) is 24.0 Å². The van der Waals surface area contributed by atoms with Crippen molar-refractivity contribution < 1.29 is 8.78 Å². The van der Waals surface area contributed by atoms with Crippen molar-refractivity contribution in [3.8, 4) is 6.07 Å². The highest BCUT2D eigenvalue weighted by Gasteiger charge is 2.34. The number of pyridine rings is 1. The van der Waals surface area contributed by atoms with Crippen molar-refractivity contribution in [2.24, 2.45) is 0 Å². The molecule has 0 spiro atoms. The van der Waals surface area contributed by atoms with Gasteiger partial charge in [-0.2, -0.15) is 5.26 Å². The van der Waals surface area contributed by atoms with Gasteiger partial charge in [-0.05, 0) is 12.1 Å². The monoisotopic (exact) mass is 223 g/mol. The SMILES string of the molecule is N#Cc1cccnc1N1CCC(F)(F)CC1. The second kappa shape index (κ2) is 4.05. The number of halogens is 2. The van der Waals surface area contributed by atoms with Crippen LogP contribution in [-0.2, 0) is 0 Å². The van der Waals surface area contributed by atoms with Gasteiger partial charge < -0.3 is 4.90 Å². The Balaban J connectivity index is 2.18. The molecule has 84 valence electrons. The van der Waals surface area contributed by atoms with E-state index in [1.54, 1.807) is 23.2 Å². The highest BCUT2D eigenvalue weighted by molar-refractivity contribution is 5.53. The number of hydrogen-bond donors (Lipinski definition) is 0. The van der Waals surface area contributed by atoms with Crippen molar-refractivity contribution in [1.29, 1.82) is 5.26 Å². The summed E-state index contributed by atoms with van der Waals surface area (Å²) in [7, 11) is 0. The van der Waals surface area contributed by atoms with Gasteiger partial charge >= 0.3 is 0 Å². The Morgan fingerprint density at radius 1 is 1.38 bits per heavy atom. The van der Waals surface area contributed by atoms with Gasteiger partial charge in [-0.25, -0.2) is 13.8 Å². The second-order valence-electron chi connectivity index (χ2n) is 3.83. The fourth-order valence-corrected chi connectivity index (χ4v) is 1.78. The lowest BCUT2D eigenvalue weighted by Gasteiger charge is -2.32. The van der Waals surface area contributed by atoms with E-state index < -0.39 is 5.92 Å². The third-order valence-corrected chi connectivity index (χ3v) is 2.70. The van der Waals surface area contributed by atoms with Crippen molar-refractivity contribution in [2.45, 2.75) is 18.8 Å². The zero-order valence-corrected chi connectivity index (χ0v) is 8.66. The lowest BCUT2D eigenvalue weighted by atomic mass is 10.1. The zero-order chi connectivity index (χ0) is 11.6. The molecule has 0 atom stereocenters. The van der Waals surface area contributed by atoms with Crippen molar-refractivity contribution in [3.63, 3.8) is 0 Å². The highest BCUT2D eigenvalue weighted by atomic mass is 19.3. The topological polar surface area (TPSA) is 39.9 Å². The molecule has 3 nitrogen and oxygen atoms in total. The standard InChI is InChI=1S/C11H11F2N3/c12-11(13)3-6-16(7-4-11)10-9(8-14)2-1-5-15-10/h1-2,5H,3-4,6-7H2. The van der Waals surface area contributed by atoms with Gasteiger partial charge in [-0.3, -0.25) is 0 Å². The van der Waals surface area contributed by atoms with Gasteiger partial charge in [0, 0.05) is 32.1 Å². The molecule has 1 aliphatic heterocycles. The minimum atomic E-state index is -2.57. The normalized spacial score (nSPS) is 19.2. The summed E-state index contributed by atoms with van der Waals surface area (Å²) in [5.74, 6) is -2.06. The van der Waals surface area contributed by atoms with Crippen LogP contribution in [0.2, 0.25) is 0 Å². The Kier molecular flexibility index (Phi) is 2.73. The highest BCUT2D eigenvalue weighted by Crippen LogP contribution is 2.30. The van der Waals surface area contributed by atoms with Crippen molar-refractivity contribution in [2.75, 3.05) is 18.0 Å². The molecule has 16 heavy (non-hydrogen) atoms. The molecule has 0 bridgehead atoms. The first-order chi connectivity index (χ1) is 7.62. The van der Waals surface area contributed by atoms with E-state index in [2.05, 4.69) is 4.98 Å². The molecule has 0 radical (unpaired) electrons. The molecule has 1 aromatic rings. The van der Waals surface area contributed by atoms with Crippen molar-refractivity contribution in [3.05, 3.63) is 23.9 Å². The molecule has 2 heterocycles. The first-order valence-corrected chi connectivity index (χ1v) is 5.10. The van der Waals surface area contributed by atoms with Crippen LogP contribution in [0.4, 0.5) is 14.6 Å². The summed E-state index contributed by atoms with van der Waals surface area (Å²) in [5.41, 5.74) is 0.438. The van der Waals surface area contributed by atoms with Crippen LogP contribution in [0.25, 0.3) is 0 Å². The van der Waals surface area contributed by atoms with Gasteiger partial charge in [0.25, 0.3) is 5.92 Å². The number of anilines is 1. The fraction of sp³-hybridized carbons (Fsp3) is 0.455. The minimum absolute atomic E-state index is 0.172. The maximum atomic E-state index is 13.0. The molecule has 0 N–H and O–H groups in total. The zero-order valence-electron chi connectivity index (χ0n) is 8.66. The van der Waals surface area contributed by atoms with E-state index in [0.29, 0.717) is 11.4 Å². The molecule has 1 saturated heterocycles. The van der Waals surface area contributed by atoms with E-state index in [9.17, 15) is 8.78 Å². The Morgan fingerprint density at radius 2 is 2.06 bits per heavy atom. The first kappa shape index (κ1) is 10.8. The van der Waals surface area contributed by atoms with E-state index in [1.807, 2.05) is 6.07 Å². The molecular formula is C11H11F2N3. The van der Waals surface area contributed by atoms with Gasteiger partial charge in [0.05, 0.1) is 5.56 Å². The van der Waals surface area contributed by atoms with Crippen molar-refractivity contribution in [1.82, 2.24) is 4.98 Å². The molecule has 0 aliphatic carbocycles. The van der Waals surface area contributed by atoms with Crippen LogP contribution in [0.5, 0.6) is 0 Å². The maximum Gasteiger partial charge on any atom is 0.251 e. The van der Waals surface area contributed by atoms with Gasteiger partial charge in [-0.15, -0.1) is 0 Å². The van der Waals surface area contributed by atoms with Crippen LogP contribution >= 0.6 is 0 Å². The molecule has 0 aromatic carbocycles. The number of nitriles is 1. The number of nitrogens with zero attached hydrogens (tertiary/aromatic N) is 3. The first-order valence-electron chi connectivity index (χ1n) is 5.10. The summed E-state index contributed by atoms with van der Waals surface area (Å²) in [6.07, 6.45) is 1.23. The second-order valence-corrected chi connectivity index (χ2v) is 3.83. The van der Waals surface area contributed by atoms with Crippen LogP contribution in [0.1, 0.15) is 18.4 Å². The molecule has 0 amide bonds. The van der Waals surface area contributed by atoms with Crippen LogP contribution < -0.4 is 4.90 Å². The summed E-state index contributed by atoms with van der Waals surface area (Å²) in [6.45, 7) is 0.497. The third-order valence-electron chi connectivity index (χ3n) is 2.70. The van der Waals surface area contributed by atoms with Crippen molar-refractivity contribution >= 4 is 5.82 Å². The number of rotatable bonds is 1. The predicted molar refractivity (Wildman–Crippen MR) is 55.3 cm³/mol. The van der Waals surface area contributed by atoms with Gasteiger partial charge in [-0.1, -0.05) is 0 Å². The fourth-order valence-electron chi connectivity index (χ4n) is 1.78. The predicted octanol–water partition coefficient (Wildman–Crippen LogP) is 2.19. The molecular weight excluding hydrogens is 212 g/mol. The van der Waals surface area contributed by atoms with Crippen LogP contribution in [0.15, 0.2) is 18.3 Å². The molecule has 1 fully saturated rings. The Labute approximate surface area is 92.3 Å². The van der Waals surface area contributed by atoms with Gasteiger partial charge in [0.1, 0.15) is 11.9 Å². The molecule has 0 saturated carbocycles. The lowest BCUT2D eigenvalue weighted by molar-refractivity contribution is -0.0221. The lowest BCUT2D eigenvalue weighted by Crippen LogP contribution is -2.40. The molecule has 0 unspecified atom stereocenters. The molecule has 1 aromatic heterocycles. The summed E-state index contributed by atoms with van der Waals surface area (Å²) in [4.78, 5) is 5.83. The minimum Gasteiger partial charge on any atom is -0.355 e. The van der Waals surface area contributed by atoms with E-state index in [1.165, 1.54) is 0 Å². The number of aromatic nitrogens is 1. The summed E-state index contributed by atoms with van der Waals surface area (Å²) < 4.78 is 25.9. The molecule has 2 rings (SSSR count). The van der Waals surface area contributed by atoms with Crippen LogP contribution in [0.3, 0.4) is 0 Å². The Hall–Kier alpha value is -1.70.